The molecule has 2 heteroatoms. The molecule has 1 N–H and O–H groups in total. The molecule has 2 rings (SSSR count). The molecule has 1 aromatic rings. The molecule has 1 aliphatic rings. The van der Waals surface area contributed by atoms with Crippen molar-refractivity contribution in [1.82, 2.24) is 10.3 Å². The molecular weight excluding hydrogens is 160 g/mol. The van der Waals surface area contributed by atoms with Gasteiger partial charge in [-0.1, -0.05) is 12.1 Å². The van der Waals surface area contributed by atoms with Crippen LogP contribution in [0.4, 0.5) is 0 Å². The van der Waals surface area contributed by atoms with E-state index in [0.717, 1.165) is 18.8 Å². The molecule has 0 spiro atoms. The Bertz CT molecular complexity index is 353. The maximum atomic E-state index is 4.45. The van der Waals surface area contributed by atoms with E-state index in [2.05, 4.69) is 36.3 Å². The minimum Gasteiger partial charge on any atom is -0.309 e. The molecule has 0 radical (unpaired) electrons. The number of aromatic nitrogens is 1. The van der Waals surface area contributed by atoms with E-state index >= 15 is 0 Å². The molecule has 0 aromatic carbocycles. The van der Waals surface area contributed by atoms with Gasteiger partial charge >= 0.3 is 0 Å². The Kier molecular flexibility index (Phi) is 2.15. The second-order valence-electron chi connectivity index (χ2n) is 3.54. The first-order valence-corrected chi connectivity index (χ1v) is 4.61. The molecule has 1 aliphatic heterocycles. The summed E-state index contributed by atoms with van der Waals surface area (Å²) in [5.41, 5.74) is 4.98. The van der Waals surface area contributed by atoms with Gasteiger partial charge in [0.25, 0.3) is 0 Å². The summed E-state index contributed by atoms with van der Waals surface area (Å²) in [6.45, 7) is 6.13. The van der Waals surface area contributed by atoms with E-state index in [-0.39, 0.29) is 0 Å². The van der Waals surface area contributed by atoms with Gasteiger partial charge in [0.2, 0.25) is 0 Å². The average molecular weight is 174 g/mol. The van der Waals surface area contributed by atoms with Crippen molar-refractivity contribution >= 4 is 5.57 Å². The maximum Gasteiger partial charge on any atom is 0.0701 e. The highest BCUT2D eigenvalue weighted by molar-refractivity contribution is 5.68. The molecule has 13 heavy (non-hydrogen) atoms. The smallest absolute Gasteiger partial charge is 0.0701 e. The second kappa shape index (κ2) is 3.30. The first-order valence-electron chi connectivity index (χ1n) is 4.61. The topological polar surface area (TPSA) is 24.9 Å². The van der Waals surface area contributed by atoms with Crippen LogP contribution in [-0.2, 0) is 0 Å². The lowest BCUT2D eigenvalue weighted by Gasteiger charge is -2.05. The summed E-state index contributed by atoms with van der Waals surface area (Å²) in [6, 6.07) is 2.18. The third kappa shape index (κ3) is 1.63. The van der Waals surface area contributed by atoms with Crippen LogP contribution in [0.3, 0.4) is 0 Å². The number of hydrogen-bond acceptors (Lipinski definition) is 2. The lowest BCUT2D eigenvalue weighted by atomic mass is 10.1. The van der Waals surface area contributed by atoms with E-state index in [1.165, 1.54) is 16.7 Å². The van der Waals surface area contributed by atoms with Crippen LogP contribution < -0.4 is 5.32 Å². The summed E-state index contributed by atoms with van der Waals surface area (Å²) in [7, 11) is 0. The van der Waals surface area contributed by atoms with Crippen molar-refractivity contribution in [3.63, 3.8) is 0 Å². The number of nitrogens with zero attached hydrogens (tertiary/aromatic N) is 1. The highest BCUT2D eigenvalue weighted by Gasteiger charge is 2.09. The number of pyridine rings is 1. The van der Waals surface area contributed by atoms with Crippen LogP contribution in [0.2, 0.25) is 0 Å². The minimum absolute atomic E-state index is 0.955. The zero-order valence-electron chi connectivity index (χ0n) is 8.09. The monoisotopic (exact) mass is 174 g/mol. The Hall–Kier alpha value is -1.15. The Labute approximate surface area is 78.7 Å². The minimum atomic E-state index is 0.955. The van der Waals surface area contributed by atoms with Crippen LogP contribution in [0.15, 0.2) is 18.3 Å². The van der Waals surface area contributed by atoms with E-state index in [1.807, 2.05) is 6.20 Å². The van der Waals surface area contributed by atoms with Crippen LogP contribution in [0.5, 0.6) is 0 Å². The zero-order chi connectivity index (χ0) is 9.26. The summed E-state index contributed by atoms with van der Waals surface area (Å²) in [5, 5.41) is 3.28. The largest absolute Gasteiger partial charge is 0.309 e. The predicted molar refractivity (Wildman–Crippen MR) is 54.6 cm³/mol. The highest BCUT2D eigenvalue weighted by Crippen LogP contribution is 2.18. The van der Waals surface area contributed by atoms with Gasteiger partial charge in [-0.2, -0.15) is 0 Å². The fourth-order valence-electron chi connectivity index (χ4n) is 1.71. The van der Waals surface area contributed by atoms with Gasteiger partial charge in [0.05, 0.1) is 5.69 Å². The lowest BCUT2D eigenvalue weighted by Crippen LogP contribution is -2.08. The Morgan fingerprint density at radius 1 is 1.38 bits per heavy atom. The van der Waals surface area contributed by atoms with E-state index in [0.29, 0.717) is 0 Å². The van der Waals surface area contributed by atoms with E-state index in [1.54, 1.807) is 0 Å². The fourth-order valence-corrected chi connectivity index (χ4v) is 1.71. The highest BCUT2D eigenvalue weighted by atomic mass is 14.9. The van der Waals surface area contributed by atoms with Crippen molar-refractivity contribution in [3.8, 4) is 0 Å². The summed E-state index contributed by atoms with van der Waals surface area (Å²) in [4.78, 5) is 4.45. The van der Waals surface area contributed by atoms with Crippen molar-refractivity contribution < 1.29 is 0 Å². The Morgan fingerprint density at radius 2 is 2.23 bits per heavy atom. The van der Waals surface area contributed by atoms with Gasteiger partial charge in [0.15, 0.2) is 0 Å². The van der Waals surface area contributed by atoms with Gasteiger partial charge in [-0.3, -0.25) is 4.98 Å². The molecule has 0 saturated heterocycles. The molecule has 0 atom stereocenters. The molecule has 0 amide bonds. The SMILES string of the molecule is Cc1cnc(C2=CCNC2)c(C)c1. The number of hydrogen-bond donors (Lipinski definition) is 1. The summed E-state index contributed by atoms with van der Waals surface area (Å²) in [5.74, 6) is 0. The third-order valence-corrected chi connectivity index (χ3v) is 2.33. The second-order valence-corrected chi connectivity index (χ2v) is 3.54. The first-order chi connectivity index (χ1) is 6.27. The number of nitrogens with one attached hydrogen (secondary N) is 1. The van der Waals surface area contributed by atoms with Crippen molar-refractivity contribution in [1.29, 1.82) is 0 Å². The lowest BCUT2D eigenvalue weighted by molar-refractivity contribution is 0.895. The van der Waals surface area contributed by atoms with Gasteiger partial charge in [0, 0.05) is 19.3 Å². The molecule has 0 saturated carbocycles. The molecule has 0 aliphatic carbocycles. The summed E-state index contributed by atoms with van der Waals surface area (Å²) >= 11 is 0. The standard InChI is InChI=1S/C11H14N2/c1-8-5-9(2)11(13-6-8)10-3-4-12-7-10/h3,5-6,12H,4,7H2,1-2H3. The fraction of sp³-hybridized carbons (Fsp3) is 0.364. The van der Waals surface area contributed by atoms with Gasteiger partial charge in [-0.25, -0.2) is 0 Å². The van der Waals surface area contributed by atoms with E-state index in [9.17, 15) is 0 Å². The molecule has 0 bridgehead atoms. The average Bonchev–Trinajstić information content (AvgIpc) is 2.56. The molecule has 0 unspecified atom stereocenters. The van der Waals surface area contributed by atoms with E-state index in [4.69, 9.17) is 0 Å². The first kappa shape index (κ1) is 8.45. The van der Waals surface area contributed by atoms with Crippen molar-refractivity contribution in [3.05, 3.63) is 35.2 Å². The normalized spacial score (nSPS) is 16.0. The quantitative estimate of drug-likeness (QED) is 0.700. The summed E-state index contributed by atoms with van der Waals surface area (Å²) in [6.07, 6.45) is 4.14. The van der Waals surface area contributed by atoms with Crippen LogP contribution in [0, 0.1) is 13.8 Å². The number of rotatable bonds is 1. The third-order valence-electron chi connectivity index (χ3n) is 2.33. The van der Waals surface area contributed by atoms with Crippen molar-refractivity contribution in [2.24, 2.45) is 0 Å². The Balaban J connectivity index is 2.40. The van der Waals surface area contributed by atoms with Crippen LogP contribution in [-0.4, -0.2) is 18.1 Å². The molecule has 2 nitrogen and oxygen atoms in total. The van der Waals surface area contributed by atoms with Gasteiger partial charge in [-0.15, -0.1) is 0 Å². The van der Waals surface area contributed by atoms with Gasteiger partial charge in [-0.05, 0) is 30.5 Å². The van der Waals surface area contributed by atoms with Crippen LogP contribution in [0.25, 0.3) is 5.57 Å². The van der Waals surface area contributed by atoms with Crippen LogP contribution >= 0.6 is 0 Å². The molecule has 1 aromatic heterocycles. The predicted octanol–water partition coefficient (Wildman–Crippen LogP) is 1.69. The Morgan fingerprint density at radius 3 is 2.85 bits per heavy atom. The molecule has 0 fully saturated rings. The molecular formula is C11H14N2. The van der Waals surface area contributed by atoms with Crippen LogP contribution in [0.1, 0.15) is 16.8 Å². The molecule has 68 valence electrons. The van der Waals surface area contributed by atoms with Gasteiger partial charge in [0.1, 0.15) is 0 Å². The van der Waals surface area contributed by atoms with Crippen molar-refractivity contribution in [2.45, 2.75) is 13.8 Å². The molecule has 2 heterocycles. The van der Waals surface area contributed by atoms with Crippen molar-refractivity contribution in [2.75, 3.05) is 13.1 Å². The summed E-state index contributed by atoms with van der Waals surface area (Å²) < 4.78 is 0. The van der Waals surface area contributed by atoms with Gasteiger partial charge < -0.3 is 5.32 Å². The zero-order valence-corrected chi connectivity index (χ0v) is 8.09. The number of aryl methyl sites for hydroxylation is 2. The van der Waals surface area contributed by atoms with E-state index < -0.39 is 0 Å². The maximum absolute atomic E-state index is 4.45.